The second kappa shape index (κ2) is 5.44. The van der Waals surface area contributed by atoms with Gasteiger partial charge in [-0.1, -0.05) is 0 Å². The first kappa shape index (κ1) is 12.4. The molecule has 5 heteroatoms. The van der Waals surface area contributed by atoms with Gasteiger partial charge in [-0.05, 0) is 6.92 Å². The van der Waals surface area contributed by atoms with Gasteiger partial charge >= 0.3 is 5.97 Å². The van der Waals surface area contributed by atoms with Crippen molar-refractivity contribution in [1.29, 1.82) is 0 Å². The van der Waals surface area contributed by atoms with E-state index in [1.807, 2.05) is 0 Å². The van der Waals surface area contributed by atoms with Gasteiger partial charge in [0.15, 0.2) is 0 Å². The zero-order valence-corrected chi connectivity index (χ0v) is 9.28. The Kier molecular flexibility index (Phi) is 4.50. The molecule has 2 N–H and O–H groups in total. The van der Waals surface area contributed by atoms with Crippen molar-refractivity contribution in [1.82, 2.24) is 5.32 Å². The molecule has 0 aromatic heterocycles. The number of methoxy groups -OCH3 is 1. The van der Waals surface area contributed by atoms with Crippen molar-refractivity contribution in [2.75, 3.05) is 26.9 Å². The maximum absolute atomic E-state index is 11.1. The van der Waals surface area contributed by atoms with E-state index in [4.69, 9.17) is 4.74 Å². The molecule has 0 aliphatic carbocycles. The first-order valence-electron chi connectivity index (χ1n) is 5.19. The monoisotopic (exact) mass is 217 g/mol. The summed E-state index contributed by atoms with van der Waals surface area (Å²) in [6.45, 7) is 3.26. The zero-order chi connectivity index (χ0) is 11.3. The van der Waals surface area contributed by atoms with Gasteiger partial charge in [0.05, 0.1) is 12.7 Å². The molecule has 15 heavy (non-hydrogen) atoms. The number of esters is 1. The average Bonchev–Trinajstić information content (AvgIpc) is 2.26. The summed E-state index contributed by atoms with van der Waals surface area (Å²) in [4.78, 5) is 11.1. The van der Waals surface area contributed by atoms with Crippen molar-refractivity contribution in [2.24, 2.45) is 0 Å². The summed E-state index contributed by atoms with van der Waals surface area (Å²) in [5.74, 6) is -0.314. The predicted octanol–water partition coefficient (Wildman–Crippen LogP) is -0.321. The van der Waals surface area contributed by atoms with Crippen LogP contribution >= 0.6 is 0 Å². The normalized spacial score (nSPS) is 22.1. The summed E-state index contributed by atoms with van der Waals surface area (Å²) in [7, 11) is 1.35. The molecule has 0 bridgehead atoms. The van der Waals surface area contributed by atoms with Crippen LogP contribution in [0.4, 0.5) is 0 Å². The minimum Gasteiger partial charge on any atom is -0.468 e. The highest BCUT2D eigenvalue weighted by atomic mass is 16.5. The van der Waals surface area contributed by atoms with Gasteiger partial charge in [-0.2, -0.15) is 0 Å². The van der Waals surface area contributed by atoms with Crippen LogP contribution in [-0.4, -0.2) is 49.6 Å². The maximum atomic E-state index is 11.1. The van der Waals surface area contributed by atoms with Crippen molar-refractivity contribution < 1.29 is 19.4 Å². The number of hydrogen-bond donors (Lipinski definition) is 2. The van der Waals surface area contributed by atoms with Gasteiger partial charge in [-0.15, -0.1) is 0 Å². The molecule has 0 radical (unpaired) electrons. The number of nitrogens with one attached hydrogen (secondary N) is 1. The van der Waals surface area contributed by atoms with E-state index in [1.165, 1.54) is 7.11 Å². The molecule has 1 unspecified atom stereocenters. The number of rotatable bonds is 4. The molecule has 1 aliphatic heterocycles. The lowest BCUT2D eigenvalue weighted by Gasteiger charge is -2.32. The van der Waals surface area contributed by atoms with Crippen molar-refractivity contribution in [3.8, 4) is 0 Å². The largest absolute Gasteiger partial charge is 0.468 e. The molecule has 0 spiro atoms. The Labute approximate surface area is 89.8 Å². The van der Waals surface area contributed by atoms with E-state index in [2.05, 4.69) is 10.1 Å². The number of hydrogen-bond acceptors (Lipinski definition) is 5. The van der Waals surface area contributed by atoms with Gasteiger partial charge in [-0.3, -0.25) is 4.79 Å². The molecule has 88 valence electrons. The summed E-state index contributed by atoms with van der Waals surface area (Å²) in [5, 5.41) is 13.0. The zero-order valence-electron chi connectivity index (χ0n) is 9.28. The summed E-state index contributed by atoms with van der Waals surface area (Å²) in [5.41, 5.74) is -0.749. The molecule has 1 heterocycles. The van der Waals surface area contributed by atoms with E-state index >= 15 is 0 Å². The Bertz CT molecular complexity index is 213. The van der Waals surface area contributed by atoms with Crippen LogP contribution in [0.25, 0.3) is 0 Å². The highest BCUT2D eigenvalue weighted by Crippen LogP contribution is 2.19. The fourth-order valence-electron chi connectivity index (χ4n) is 1.53. The minimum absolute atomic E-state index is 0.314. The lowest BCUT2D eigenvalue weighted by Crippen LogP contribution is -2.49. The third kappa shape index (κ3) is 3.77. The van der Waals surface area contributed by atoms with Crippen molar-refractivity contribution in [3.05, 3.63) is 0 Å². The second-order valence-electron chi connectivity index (χ2n) is 3.96. The number of carbonyl (C=O) groups is 1. The van der Waals surface area contributed by atoms with Crippen LogP contribution < -0.4 is 5.32 Å². The summed E-state index contributed by atoms with van der Waals surface area (Å²) < 4.78 is 9.74. The van der Waals surface area contributed by atoms with Crippen LogP contribution in [0.1, 0.15) is 19.8 Å². The molecule has 1 saturated heterocycles. The van der Waals surface area contributed by atoms with Gasteiger partial charge in [0.2, 0.25) is 0 Å². The van der Waals surface area contributed by atoms with Gasteiger partial charge < -0.3 is 19.9 Å². The topological polar surface area (TPSA) is 67.8 Å². The Morgan fingerprint density at radius 1 is 1.60 bits per heavy atom. The third-order valence-electron chi connectivity index (χ3n) is 2.72. The first-order chi connectivity index (χ1) is 7.07. The second-order valence-corrected chi connectivity index (χ2v) is 3.96. The average molecular weight is 217 g/mol. The van der Waals surface area contributed by atoms with E-state index in [9.17, 15) is 9.90 Å². The standard InChI is InChI=1S/C10H19NO4/c1-8(9(12)14-2)11-7-10(13)3-5-15-6-4-10/h8,11,13H,3-7H2,1-2H3. The fraction of sp³-hybridized carbons (Fsp3) is 0.900. The van der Waals surface area contributed by atoms with E-state index < -0.39 is 5.60 Å². The maximum Gasteiger partial charge on any atom is 0.322 e. The quantitative estimate of drug-likeness (QED) is 0.632. The number of carbonyl (C=O) groups excluding carboxylic acids is 1. The number of aliphatic hydroxyl groups is 1. The minimum atomic E-state index is -0.749. The Balaban J connectivity index is 2.31. The molecule has 0 aromatic carbocycles. The van der Waals surface area contributed by atoms with Gasteiger partial charge in [0.25, 0.3) is 0 Å². The first-order valence-corrected chi connectivity index (χ1v) is 5.19. The van der Waals surface area contributed by atoms with Crippen LogP contribution in [-0.2, 0) is 14.3 Å². The lowest BCUT2D eigenvalue weighted by atomic mass is 9.94. The Morgan fingerprint density at radius 3 is 2.73 bits per heavy atom. The summed E-state index contributed by atoms with van der Waals surface area (Å²) in [6, 6.07) is -0.387. The molecule has 0 amide bonds. The predicted molar refractivity (Wildman–Crippen MR) is 54.5 cm³/mol. The smallest absolute Gasteiger partial charge is 0.322 e. The van der Waals surface area contributed by atoms with E-state index in [1.54, 1.807) is 6.92 Å². The van der Waals surface area contributed by atoms with Gasteiger partial charge in [0.1, 0.15) is 6.04 Å². The fourth-order valence-corrected chi connectivity index (χ4v) is 1.53. The van der Waals surface area contributed by atoms with E-state index in [-0.39, 0.29) is 12.0 Å². The molecule has 1 atom stereocenters. The molecular weight excluding hydrogens is 198 g/mol. The molecular formula is C10H19NO4. The molecule has 1 rings (SSSR count). The SMILES string of the molecule is COC(=O)C(C)NCC1(O)CCOCC1. The molecule has 5 nitrogen and oxygen atoms in total. The van der Waals surface area contributed by atoms with E-state index in [0.717, 1.165) is 0 Å². The Morgan fingerprint density at radius 2 is 2.20 bits per heavy atom. The number of ether oxygens (including phenoxy) is 2. The molecule has 0 saturated carbocycles. The van der Waals surface area contributed by atoms with Crippen LogP contribution in [0.2, 0.25) is 0 Å². The van der Waals surface area contributed by atoms with Crippen molar-refractivity contribution in [3.63, 3.8) is 0 Å². The van der Waals surface area contributed by atoms with Crippen LogP contribution in [0.5, 0.6) is 0 Å². The van der Waals surface area contributed by atoms with Crippen molar-refractivity contribution in [2.45, 2.75) is 31.4 Å². The lowest BCUT2D eigenvalue weighted by molar-refractivity contribution is -0.143. The van der Waals surface area contributed by atoms with Crippen molar-refractivity contribution >= 4 is 5.97 Å². The van der Waals surface area contributed by atoms with Crippen LogP contribution in [0, 0.1) is 0 Å². The summed E-state index contributed by atoms with van der Waals surface area (Å²) in [6.07, 6.45) is 1.21. The summed E-state index contributed by atoms with van der Waals surface area (Å²) >= 11 is 0. The van der Waals surface area contributed by atoms with Gasteiger partial charge in [-0.25, -0.2) is 0 Å². The van der Waals surface area contributed by atoms with Crippen LogP contribution in [0.3, 0.4) is 0 Å². The molecule has 1 aliphatic rings. The van der Waals surface area contributed by atoms with Crippen LogP contribution in [0.15, 0.2) is 0 Å². The molecule has 0 aromatic rings. The Hall–Kier alpha value is -0.650. The van der Waals surface area contributed by atoms with E-state index in [0.29, 0.717) is 32.6 Å². The van der Waals surface area contributed by atoms with Gasteiger partial charge in [0, 0.05) is 32.6 Å². The highest BCUT2D eigenvalue weighted by Gasteiger charge is 2.30. The third-order valence-corrected chi connectivity index (χ3v) is 2.72. The molecule has 1 fully saturated rings. The highest BCUT2D eigenvalue weighted by molar-refractivity contribution is 5.75.